The molecule has 7 nitrogen and oxygen atoms in total. The normalized spacial score (nSPS) is 11.9. The molecule has 0 radical (unpaired) electrons. The van der Waals surface area contributed by atoms with Crippen LogP contribution in [0.3, 0.4) is 0 Å². The summed E-state index contributed by atoms with van der Waals surface area (Å²) < 4.78 is 41.9. The molecule has 0 saturated heterocycles. The summed E-state index contributed by atoms with van der Waals surface area (Å²) in [7, 11) is 4.77. The van der Waals surface area contributed by atoms with Crippen LogP contribution in [0.5, 0.6) is 0 Å². The molecule has 4 rings (SSSR count). The fourth-order valence-electron chi connectivity index (χ4n) is 3.24. The Hall–Kier alpha value is -3.69. The van der Waals surface area contributed by atoms with Crippen molar-refractivity contribution >= 4 is 22.5 Å². The van der Waals surface area contributed by atoms with E-state index < -0.39 is 11.9 Å². The standard InChI is InChI=1S/C20H16F3N5O2/c1-26(2)18(29)12-4-5-13-15(8-12)28-17(27(3)19(13)30)10-14(25-28)11-6-7-24-16(9-11)20(21,22)23/h4-10H,1-3H3. The summed E-state index contributed by atoms with van der Waals surface area (Å²) in [6.07, 6.45) is -3.52. The molecular weight excluding hydrogens is 399 g/mol. The lowest BCUT2D eigenvalue weighted by Gasteiger charge is -2.12. The summed E-state index contributed by atoms with van der Waals surface area (Å²) in [5, 5.41) is 4.75. The van der Waals surface area contributed by atoms with Gasteiger partial charge in [0.25, 0.3) is 11.5 Å². The van der Waals surface area contributed by atoms with Crippen LogP contribution < -0.4 is 5.56 Å². The van der Waals surface area contributed by atoms with Crippen LogP contribution in [0.1, 0.15) is 16.1 Å². The maximum Gasteiger partial charge on any atom is 0.433 e. The lowest BCUT2D eigenvalue weighted by Crippen LogP contribution is -2.23. The van der Waals surface area contributed by atoms with Crippen LogP contribution in [-0.2, 0) is 13.2 Å². The largest absolute Gasteiger partial charge is 0.433 e. The molecule has 0 bridgehead atoms. The maximum absolute atomic E-state index is 13.0. The van der Waals surface area contributed by atoms with Crippen LogP contribution in [0.4, 0.5) is 13.2 Å². The predicted octanol–water partition coefficient (Wildman–Crippen LogP) is 2.97. The third kappa shape index (κ3) is 3.10. The molecule has 0 aliphatic rings. The molecule has 0 aliphatic carbocycles. The van der Waals surface area contributed by atoms with Gasteiger partial charge in [-0.1, -0.05) is 0 Å². The van der Waals surface area contributed by atoms with Gasteiger partial charge in [-0.2, -0.15) is 18.3 Å². The number of carbonyl (C=O) groups excluding carboxylic acids is 1. The van der Waals surface area contributed by atoms with Gasteiger partial charge in [-0.3, -0.25) is 19.1 Å². The molecule has 1 amide bonds. The van der Waals surface area contributed by atoms with Gasteiger partial charge in [0.2, 0.25) is 0 Å². The van der Waals surface area contributed by atoms with E-state index in [0.29, 0.717) is 22.1 Å². The van der Waals surface area contributed by atoms with Crippen molar-refractivity contribution in [2.75, 3.05) is 14.1 Å². The molecule has 0 saturated carbocycles. The Kier molecular flexibility index (Phi) is 4.37. The molecule has 30 heavy (non-hydrogen) atoms. The molecule has 0 fully saturated rings. The van der Waals surface area contributed by atoms with Crippen LogP contribution in [-0.4, -0.2) is 44.1 Å². The number of amides is 1. The number of benzene rings is 1. The van der Waals surface area contributed by atoms with Crippen LogP contribution in [0.2, 0.25) is 0 Å². The van der Waals surface area contributed by atoms with Gasteiger partial charge in [0.05, 0.1) is 16.6 Å². The number of halogens is 3. The van der Waals surface area contributed by atoms with Crippen molar-refractivity contribution in [3.05, 3.63) is 64.2 Å². The zero-order chi connectivity index (χ0) is 21.8. The molecule has 3 aromatic heterocycles. The first-order valence-corrected chi connectivity index (χ1v) is 8.86. The van der Waals surface area contributed by atoms with E-state index >= 15 is 0 Å². The van der Waals surface area contributed by atoms with E-state index in [2.05, 4.69) is 10.1 Å². The van der Waals surface area contributed by atoms with Gasteiger partial charge in [-0.15, -0.1) is 0 Å². The molecular formula is C20H16F3N5O2. The number of aromatic nitrogens is 4. The quantitative estimate of drug-likeness (QED) is 0.505. The monoisotopic (exact) mass is 415 g/mol. The highest BCUT2D eigenvalue weighted by Crippen LogP contribution is 2.30. The number of nitrogens with zero attached hydrogens (tertiary/aromatic N) is 5. The van der Waals surface area contributed by atoms with Crippen molar-refractivity contribution in [3.63, 3.8) is 0 Å². The third-order valence-electron chi connectivity index (χ3n) is 4.79. The number of rotatable bonds is 2. The summed E-state index contributed by atoms with van der Waals surface area (Å²) in [6.45, 7) is 0. The van der Waals surface area contributed by atoms with E-state index in [4.69, 9.17) is 0 Å². The van der Waals surface area contributed by atoms with Crippen LogP contribution in [0, 0.1) is 0 Å². The second-order valence-electron chi connectivity index (χ2n) is 7.02. The second-order valence-corrected chi connectivity index (χ2v) is 7.02. The highest BCUT2D eigenvalue weighted by molar-refractivity contribution is 5.97. The van der Waals surface area contributed by atoms with Crippen LogP contribution in [0.15, 0.2) is 47.4 Å². The Morgan fingerprint density at radius 3 is 2.50 bits per heavy atom. The average molecular weight is 415 g/mol. The smallest absolute Gasteiger partial charge is 0.345 e. The number of alkyl halides is 3. The van der Waals surface area contributed by atoms with E-state index in [9.17, 15) is 22.8 Å². The first kappa shape index (κ1) is 19.6. The fraction of sp³-hybridized carbons (Fsp3) is 0.200. The molecule has 154 valence electrons. The molecule has 0 aliphatic heterocycles. The summed E-state index contributed by atoms with van der Waals surface area (Å²) >= 11 is 0. The molecule has 3 heterocycles. The summed E-state index contributed by atoms with van der Waals surface area (Å²) in [5.74, 6) is -0.248. The topological polar surface area (TPSA) is 72.5 Å². The Morgan fingerprint density at radius 2 is 1.83 bits per heavy atom. The van der Waals surface area contributed by atoms with Crippen LogP contribution >= 0.6 is 0 Å². The average Bonchev–Trinajstić information content (AvgIpc) is 3.16. The molecule has 0 unspecified atom stereocenters. The van der Waals surface area contributed by atoms with Crippen molar-refractivity contribution < 1.29 is 18.0 Å². The molecule has 10 heteroatoms. The molecule has 0 atom stereocenters. The van der Waals surface area contributed by atoms with Crippen molar-refractivity contribution in [1.82, 2.24) is 24.1 Å². The molecule has 1 aromatic carbocycles. The Balaban J connectivity index is 1.99. The Morgan fingerprint density at radius 1 is 1.10 bits per heavy atom. The Labute approximate surface area is 168 Å². The van der Waals surface area contributed by atoms with Gasteiger partial charge in [-0.05, 0) is 30.3 Å². The summed E-state index contributed by atoms with van der Waals surface area (Å²) in [6, 6.07) is 8.50. The number of aryl methyl sites for hydroxylation is 1. The van der Waals surface area contributed by atoms with Gasteiger partial charge in [0.1, 0.15) is 11.3 Å². The number of hydrogen-bond donors (Lipinski definition) is 0. The minimum Gasteiger partial charge on any atom is -0.345 e. The van der Waals surface area contributed by atoms with E-state index in [1.807, 2.05) is 0 Å². The first-order chi connectivity index (χ1) is 14.1. The summed E-state index contributed by atoms with van der Waals surface area (Å²) in [4.78, 5) is 29.9. The minimum absolute atomic E-state index is 0.210. The van der Waals surface area contributed by atoms with E-state index in [0.717, 1.165) is 12.3 Å². The number of carbonyl (C=O) groups is 1. The number of pyridine rings is 1. The van der Waals surface area contributed by atoms with E-state index in [1.54, 1.807) is 39.3 Å². The lowest BCUT2D eigenvalue weighted by molar-refractivity contribution is -0.141. The highest BCUT2D eigenvalue weighted by atomic mass is 19.4. The zero-order valence-corrected chi connectivity index (χ0v) is 16.2. The first-order valence-electron chi connectivity index (χ1n) is 8.86. The molecule has 4 aromatic rings. The lowest BCUT2D eigenvalue weighted by atomic mass is 10.1. The molecule has 0 spiro atoms. The Bertz CT molecular complexity index is 1370. The second kappa shape index (κ2) is 6.68. The van der Waals surface area contributed by atoms with Crippen molar-refractivity contribution in [2.45, 2.75) is 6.18 Å². The maximum atomic E-state index is 13.0. The van der Waals surface area contributed by atoms with Gasteiger partial charge in [-0.25, -0.2) is 4.52 Å². The van der Waals surface area contributed by atoms with Crippen molar-refractivity contribution in [3.8, 4) is 11.3 Å². The fourth-order valence-corrected chi connectivity index (χ4v) is 3.24. The zero-order valence-electron chi connectivity index (χ0n) is 16.2. The van der Waals surface area contributed by atoms with E-state index in [1.165, 1.54) is 26.1 Å². The van der Waals surface area contributed by atoms with Crippen LogP contribution in [0.25, 0.3) is 27.8 Å². The van der Waals surface area contributed by atoms with Gasteiger partial charge in [0, 0.05) is 44.5 Å². The van der Waals surface area contributed by atoms with Gasteiger partial charge in [0.15, 0.2) is 0 Å². The summed E-state index contributed by atoms with van der Waals surface area (Å²) in [5.41, 5.74) is 0.243. The minimum atomic E-state index is -4.59. The van der Waals surface area contributed by atoms with Gasteiger partial charge >= 0.3 is 6.18 Å². The van der Waals surface area contributed by atoms with E-state index in [-0.39, 0.29) is 22.7 Å². The molecule has 0 N–H and O–H groups in total. The van der Waals surface area contributed by atoms with Crippen molar-refractivity contribution in [2.24, 2.45) is 7.05 Å². The number of hydrogen-bond acceptors (Lipinski definition) is 4. The van der Waals surface area contributed by atoms with Crippen molar-refractivity contribution in [1.29, 1.82) is 0 Å². The third-order valence-corrected chi connectivity index (χ3v) is 4.79. The highest BCUT2D eigenvalue weighted by Gasteiger charge is 2.32. The predicted molar refractivity (Wildman–Crippen MR) is 104 cm³/mol. The SMILES string of the molecule is CN(C)C(=O)c1ccc2c(=O)n(C)c3cc(-c4ccnc(C(F)(F)F)c4)nn3c2c1. The van der Waals surface area contributed by atoms with Gasteiger partial charge < -0.3 is 4.90 Å². The number of fused-ring (bicyclic) bond motifs is 3.